The molecule has 82 valence electrons. The van der Waals surface area contributed by atoms with E-state index in [1.165, 1.54) is 13.2 Å². The number of benzene rings is 1. The van der Waals surface area contributed by atoms with E-state index in [1.807, 2.05) is 0 Å². The lowest BCUT2D eigenvalue weighted by atomic mass is 10.0. The number of esters is 1. The summed E-state index contributed by atoms with van der Waals surface area (Å²) in [7, 11) is 1.28. The molecule has 0 radical (unpaired) electrons. The smallest absolute Gasteiger partial charge is 0.322 e. The number of rotatable bonds is 3. The van der Waals surface area contributed by atoms with E-state index in [1.54, 1.807) is 19.1 Å². The Morgan fingerprint density at radius 2 is 2.27 bits per heavy atom. The van der Waals surface area contributed by atoms with Crippen LogP contribution in [0.25, 0.3) is 0 Å². The van der Waals surface area contributed by atoms with Crippen LogP contribution in [0.4, 0.5) is 4.39 Å². The largest absolute Gasteiger partial charge is 0.468 e. The van der Waals surface area contributed by atoms with E-state index >= 15 is 0 Å². The van der Waals surface area contributed by atoms with Gasteiger partial charge in [-0.25, -0.2) is 4.39 Å². The zero-order valence-corrected chi connectivity index (χ0v) is 8.79. The lowest BCUT2D eigenvalue weighted by molar-refractivity contribution is -0.142. The number of aryl methyl sites for hydroxylation is 1. The third kappa shape index (κ3) is 3.02. The van der Waals surface area contributed by atoms with Crippen LogP contribution >= 0.6 is 0 Å². The van der Waals surface area contributed by atoms with Crippen molar-refractivity contribution < 1.29 is 13.9 Å². The lowest BCUT2D eigenvalue weighted by Crippen LogP contribution is -2.33. The number of methoxy groups -OCH3 is 1. The average molecular weight is 211 g/mol. The van der Waals surface area contributed by atoms with Crippen molar-refractivity contribution in [3.63, 3.8) is 0 Å². The fourth-order valence-electron chi connectivity index (χ4n) is 1.25. The standard InChI is InChI=1S/C11H14FNO2/c1-7-3-4-8(5-9(7)12)6-10(13)11(14)15-2/h3-5,10H,6,13H2,1-2H3/t10-/m1/s1. The van der Waals surface area contributed by atoms with Crippen molar-refractivity contribution in [2.45, 2.75) is 19.4 Å². The number of carbonyl (C=O) groups excluding carboxylic acids is 1. The number of nitrogens with two attached hydrogens (primary N) is 1. The van der Waals surface area contributed by atoms with Crippen LogP contribution < -0.4 is 5.73 Å². The molecule has 0 fully saturated rings. The van der Waals surface area contributed by atoms with Crippen molar-refractivity contribution >= 4 is 5.97 Å². The first-order valence-electron chi connectivity index (χ1n) is 4.63. The SMILES string of the molecule is COC(=O)[C@H](N)Cc1ccc(C)c(F)c1. The molecule has 0 heterocycles. The highest BCUT2D eigenvalue weighted by Crippen LogP contribution is 2.10. The quantitative estimate of drug-likeness (QED) is 0.764. The van der Waals surface area contributed by atoms with Gasteiger partial charge in [0.25, 0.3) is 0 Å². The van der Waals surface area contributed by atoms with Gasteiger partial charge in [-0.1, -0.05) is 12.1 Å². The molecule has 0 aromatic heterocycles. The summed E-state index contributed by atoms with van der Waals surface area (Å²) in [6.07, 6.45) is 0.282. The molecule has 0 unspecified atom stereocenters. The summed E-state index contributed by atoms with van der Waals surface area (Å²) in [5.41, 5.74) is 6.82. The molecule has 1 aromatic carbocycles. The molecule has 0 aliphatic carbocycles. The van der Waals surface area contributed by atoms with Gasteiger partial charge in [0.1, 0.15) is 11.9 Å². The second kappa shape index (κ2) is 4.89. The van der Waals surface area contributed by atoms with Gasteiger partial charge in [0.05, 0.1) is 7.11 Å². The fraction of sp³-hybridized carbons (Fsp3) is 0.364. The topological polar surface area (TPSA) is 52.3 Å². The highest BCUT2D eigenvalue weighted by atomic mass is 19.1. The van der Waals surface area contributed by atoms with E-state index in [0.29, 0.717) is 11.1 Å². The van der Waals surface area contributed by atoms with Crippen molar-refractivity contribution in [3.8, 4) is 0 Å². The van der Waals surface area contributed by atoms with Crippen molar-refractivity contribution in [1.82, 2.24) is 0 Å². The summed E-state index contributed by atoms with van der Waals surface area (Å²) in [4.78, 5) is 11.0. The highest BCUT2D eigenvalue weighted by Gasteiger charge is 2.14. The molecule has 1 aromatic rings. The Labute approximate surface area is 88.0 Å². The van der Waals surface area contributed by atoms with Crippen molar-refractivity contribution in [3.05, 3.63) is 35.1 Å². The maximum atomic E-state index is 13.2. The number of hydrogen-bond donors (Lipinski definition) is 1. The first-order valence-corrected chi connectivity index (χ1v) is 4.63. The Balaban J connectivity index is 2.73. The maximum Gasteiger partial charge on any atom is 0.322 e. The van der Waals surface area contributed by atoms with Crippen LogP contribution in [0.15, 0.2) is 18.2 Å². The normalized spacial score (nSPS) is 12.3. The summed E-state index contributed by atoms with van der Waals surface area (Å²) in [5, 5.41) is 0. The Kier molecular flexibility index (Phi) is 3.80. The highest BCUT2D eigenvalue weighted by molar-refractivity contribution is 5.75. The zero-order chi connectivity index (χ0) is 11.4. The van der Waals surface area contributed by atoms with Gasteiger partial charge in [0, 0.05) is 0 Å². The van der Waals surface area contributed by atoms with Gasteiger partial charge >= 0.3 is 5.97 Å². The summed E-state index contributed by atoms with van der Waals surface area (Å²) in [6.45, 7) is 1.68. The number of ether oxygens (including phenoxy) is 1. The predicted molar refractivity (Wildman–Crippen MR) is 54.8 cm³/mol. The third-order valence-corrected chi connectivity index (χ3v) is 2.20. The van der Waals surface area contributed by atoms with E-state index < -0.39 is 12.0 Å². The van der Waals surface area contributed by atoms with Gasteiger partial charge in [-0.05, 0) is 30.5 Å². The molecule has 0 aliphatic rings. The summed E-state index contributed by atoms with van der Waals surface area (Å²) in [6, 6.07) is 4.06. The first-order chi connectivity index (χ1) is 7.04. The minimum absolute atomic E-state index is 0.282. The fourth-order valence-corrected chi connectivity index (χ4v) is 1.25. The average Bonchev–Trinajstić information content (AvgIpc) is 2.22. The Hall–Kier alpha value is -1.42. The summed E-state index contributed by atoms with van der Waals surface area (Å²) < 4.78 is 17.6. The molecule has 0 amide bonds. The lowest BCUT2D eigenvalue weighted by Gasteiger charge is -2.09. The van der Waals surface area contributed by atoms with Gasteiger partial charge in [0.2, 0.25) is 0 Å². The number of hydrogen-bond acceptors (Lipinski definition) is 3. The molecule has 4 heteroatoms. The first kappa shape index (κ1) is 11.7. The molecule has 15 heavy (non-hydrogen) atoms. The predicted octanol–water partition coefficient (Wildman–Crippen LogP) is 1.18. The molecule has 0 aliphatic heterocycles. The second-order valence-electron chi connectivity index (χ2n) is 3.42. The van der Waals surface area contributed by atoms with Crippen LogP contribution in [0.1, 0.15) is 11.1 Å². The maximum absolute atomic E-state index is 13.2. The van der Waals surface area contributed by atoms with Gasteiger partial charge in [-0.2, -0.15) is 0 Å². The monoisotopic (exact) mass is 211 g/mol. The Morgan fingerprint density at radius 1 is 1.60 bits per heavy atom. The Bertz CT molecular complexity index is 366. The molecular weight excluding hydrogens is 197 g/mol. The van der Waals surface area contributed by atoms with Gasteiger partial charge in [-0.3, -0.25) is 4.79 Å². The van der Waals surface area contributed by atoms with E-state index in [-0.39, 0.29) is 12.2 Å². The minimum atomic E-state index is -0.739. The van der Waals surface area contributed by atoms with Gasteiger partial charge < -0.3 is 10.5 Å². The molecule has 3 nitrogen and oxygen atoms in total. The van der Waals surface area contributed by atoms with Crippen LogP contribution in [-0.2, 0) is 16.0 Å². The molecular formula is C11H14FNO2. The van der Waals surface area contributed by atoms with Gasteiger partial charge in [-0.15, -0.1) is 0 Å². The molecule has 0 saturated heterocycles. The molecule has 0 saturated carbocycles. The third-order valence-electron chi connectivity index (χ3n) is 2.20. The number of halogens is 1. The van der Waals surface area contributed by atoms with Crippen LogP contribution in [0.2, 0.25) is 0 Å². The van der Waals surface area contributed by atoms with E-state index in [2.05, 4.69) is 4.74 Å². The number of carbonyl (C=O) groups is 1. The molecule has 0 spiro atoms. The van der Waals surface area contributed by atoms with E-state index in [0.717, 1.165) is 0 Å². The molecule has 1 atom stereocenters. The van der Waals surface area contributed by atoms with Crippen LogP contribution in [0.3, 0.4) is 0 Å². The molecule has 2 N–H and O–H groups in total. The molecule has 0 bridgehead atoms. The summed E-state index contributed by atoms with van der Waals surface area (Å²) in [5.74, 6) is -0.777. The van der Waals surface area contributed by atoms with Crippen molar-refractivity contribution in [2.24, 2.45) is 5.73 Å². The zero-order valence-electron chi connectivity index (χ0n) is 8.79. The van der Waals surface area contributed by atoms with Crippen molar-refractivity contribution in [1.29, 1.82) is 0 Å². The van der Waals surface area contributed by atoms with E-state index in [9.17, 15) is 9.18 Å². The van der Waals surface area contributed by atoms with Crippen LogP contribution in [-0.4, -0.2) is 19.1 Å². The summed E-state index contributed by atoms with van der Waals surface area (Å²) >= 11 is 0. The van der Waals surface area contributed by atoms with E-state index in [4.69, 9.17) is 5.73 Å². The van der Waals surface area contributed by atoms with Crippen LogP contribution in [0.5, 0.6) is 0 Å². The van der Waals surface area contributed by atoms with Gasteiger partial charge in [0.15, 0.2) is 0 Å². The Morgan fingerprint density at radius 3 is 2.80 bits per heavy atom. The second-order valence-corrected chi connectivity index (χ2v) is 3.42. The minimum Gasteiger partial charge on any atom is -0.468 e. The van der Waals surface area contributed by atoms with Crippen LogP contribution in [0, 0.1) is 12.7 Å². The van der Waals surface area contributed by atoms with Crippen molar-refractivity contribution in [2.75, 3.05) is 7.11 Å². The molecule has 1 rings (SSSR count).